The van der Waals surface area contributed by atoms with Crippen LogP contribution in [0.25, 0.3) is 11.0 Å². The van der Waals surface area contributed by atoms with Crippen molar-refractivity contribution in [3.05, 3.63) is 12.5 Å². The molecule has 3 N–H and O–H groups in total. The van der Waals surface area contributed by atoms with E-state index < -0.39 is 24.5 Å². The lowest BCUT2D eigenvalue weighted by Gasteiger charge is -2.16. The normalized spacial score (nSPS) is 30.2. The lowest BCUT2D eigenvalue weighted by Crippen LogP contribution is -2.33. The van der Waals surface area contributed by atoms with E-state index in [0.717, 1.165) is 0 Å². The summed E-state index contributed by atoms with van der Waals surface area (Å²) in [4.78, 5) is 8.26. The smallest absolute Gasteiger partial charge is 0.179 e. The van der Waals surface area contributed by atoms with Gasteiger partial charge in [0, 0.05) is 0 Å². The molecule has 4 atom stereocenters. The minimum atomic E-state index is -1.18. The number of fused-ring (bicyclic) bond motifs is 1. The van der Waals surface area contributed by atoms with Crippen molar-refractivity contribution in [2.45, 2.75) is 29.6 Å². The van der Waals surface area contributed by atoms with Gasteiger partial charge in [0.25, 0.3) is 0 Å². The van der Waals surface area contributed by atoms with Crippen LogP contribution in [0.5, 0.6) is 0 Å². The fourth-order valence-corrected chi connectivity index (χ4v) is 2.83. The van der Waals surface area contributed by atoms with E-state index in [2.05, 4.69) is 15.1 Å². The molecule has 3 rings (SSSR count). The van der Waals surface area contributed by atoms with Crippen molar-refractivity contribution in [2.24, 2.45) is 0 Å². The molecule has 1 aliphatic heterocycles. The first kappa shape index (κ1) is 13.7. The third-order valence-electron chi connectivity index (χ3n) is 3.30. The summed E-state index contributed by atoms with van der Waals surface area (Å²) in [6.45, 7) is -0.375. The number of ether oxygens (including phenoxy) is 1. The molecule has 1 aliphatic rings. The average Bonchev–Trinajstić information content (AvgIpc) is 3.01. The van der Waals surface area contributed by atoms with Gasteiger partial charge in [-0.15, -0.1) is 11.8 Å². The molecular formula is C11H14N4O4S. The Hall–Kier alpha value is -1.26. The summed E-state index contributed by atoms with van der Waals surface area (Å²) in [6, 6.07) is 0. The molecular weight excluding hydrogens is 284 g/mol. The van der Waals surface area contributed by atoms with Crippen molar-refractivity contribution < 1.29 is 20.1 Å². The van der Waals surface area contributed by atoms with E-state index in [9.17, 15) is 10.2 Å². The lowest BCUT2D eigenvalue weighted by molar-refractivity contribution is -0.0565. The number of hydrogen-bond acceptors (Lipinski definition) is 8. The lowest BCUT2D eigenvalue weighted by atomic mass is 10.1. The number of rotatable bonds is 3. The van der Waals surface area contributed by atoms with Crippen molar-refractivity contribution in [3.8, 4) is 0 Å². The molecule has 0 spiro atoms. The maximum atomic E-state index is 10.1. The Kier molecular flexibility index (Phi) is 3.61. The van der Waals surface area contributed by atoms with E-state index in [-0.39, 0.29) is 6.61 Å². The number of aliphatic hydroxyl groups is 3. The summed E-state index contributed by atoms with van der Waals surface area (Å²) in [5, 5.41) is 33.9. The Morgan fingerprint density at radius 3 is 2.80 bits per heavy atom. The summed E-state index contributed by atoms with van der Waals surface area (Å²) in [5.41, 5.74) is 1.26. The molecule has 0 saturated carbocycles. The highest BCUT2D eigenvalue weighted by Crippen LogP contribution is 2.33. The zero-order valence-electron chi connectivity index (χ0n) is 10.6. The Balaban J connectivity index is 2.07. The molecule has 2 aromatic rings. The Morgan fingerprint density at radius 1 is 1.35 bits per heavy atom. The van der Waals surface area contributed by atoms with Crippen molar-refractivity contribution in [1.82, 2.24) is 19.7 Å². The van der Waals surface area contributed by atoms with Crippen LogP contribution in [0.3, 0.4) is 0 Å². The minimum Gasteiger partial charge on any atom is -0.394 e. The van der Waals surface area contributed by atoms with Gasteiger partial charge in [0.15, 0.2) is 6.23 Å². The molecule has 0 bridgehead atoms. The number of nitrogens with zero attached hydrogens (tertiary/aromatic N) is 4. The maximum Gasteiger partial charge on any atom is 0.179 e. The third kappa shape index (κ3) is 1.98. The summed E-state index contributed by atoms with van der Waals surface area (Å²) in [6.07, 6.45) is 0.810. The summed E-state index contributed by atoms with van der Waals surface area (Å²) in [5.74, 6) is 0. The maximum absolute atomic E-state index is 10.1. The van der Waals surface area contributed by atoms with Gasteiger partial charge < -0.3 is 20.1 Å². The van der Waals surface area contributed by atoms with E-state index in [0.29, 0.717) is 16.1 Å². The second-order valence-electron chi connectivity index (χ2n) is 4.43. The quantitative estimate of drug-likeness (QED) is 0.496. The zero-order chi connectivity index (χ0) is 14.3. The van der Waals surface area contributed by atoms with Crippen LogP contribution < -0.4 is 0 Å². The molecule has 20 heavy (non-hydrogen) atoms. The van der Waals surface area contributed by atoms with E-state index in [1.807, 2.05) is 6.26 Å². The largest absolute Gasteiger partial charge is 0.394 e. The highest BCUT2D eigenvalue weighted by atomic mass is 32.2. The second kappa shape index (κ2) is 5.26. The van der Waals surface area contributed by atoms with Gasteiger partial charge in [-0.2, -0.15) is 5.10 Å². The van der Waals surface area contributed by atoms with E-state index in [4.69, 9.17) is 9.84 Å². The van der Waals surface area contributed by atoms with Gasteiger partial charge in [-0.05, 0) is 6.26 Å². The van der Waals surface area contributed by atoms with Crippen molar-refractivity contribution in [2.75, 3.05) is 12.9 Å². The highest BCUT2D eigenvalue weighted by molar-refractivity contribution is 7.98. The van der Waals surface area contributed by atoms with Gasteiger partial charge >= 0.3 is 0 Å². The zero-order valence-corrected chi connectivity index (χ0v) is 11.4. The van der Waals surface area contributed by atoms with Crippen LogP contribution in [0, 0.1) is 0 Å². The fourth-order valence-electron chi connectivity index (χ4n) is 2.28. The van der Waals surface area contributed by atoms with Crippen LogP contribution in [0.15, 0.2) is 17.6 Å². The van der Waals surface area contributed by atoms with Gasteiger partial charge in [-0.1, -0.05) is 0 Å². The summed E-state index contributed by atoms with van der Waals surface area (Å²) in [7, 11) is 0. The van der Waals surface area contributed by atoms with Crippen molar-refractivity contribution in [1.29, 1.82) is 0 Å². The van der Waals surface area contributed by atoms with Gasteiger partial charge in [-0.3, -0.25) is 0 Å². The monoisotopic (exact) mass is 298 g/mol. The summed E-state index contributed by atoms with van der Waals surface area (Å²) < 4.78 is 6.92. The first-order valence-electron chi connectivity index (χ1n) is 6.02. The fraction of sp³-hybridized carbons (Fsp3) is 0.545. The average molecular weight is 298 g/mol. The molecule has 1 saturated heterocycles. The van der Waals surface area contributed by atoms with Crippen LogP contribution in [0.4, 0.5) is 0 Å². The molecule has 8 nitrogen and oxygen atoms in total. The molecule has 0 unspecified atom stereocenters. The molecule has 0 aliphatic carbocycles. The van der Waals surface area contributed by atoms with Crippen LogP contribution in [-0.2, 0) is 4.74 Å². The number of aliphatic hydroxyl groups excluding tert-OH is 3. The molecule has 0 radical (unpaired) electrons. The van der Waals surface area contributed by atoms with E-state index in [1.54, 1.807) is 6.20 Å². The molecule has 9 heteroatoms. The number of hydrogen-bond donors (Lipinski definition) is 3. The Morgan fingerprint density at radius 2 is 2.15 bits per heavy atom. The molecule has 1 fully saturated rings. The van der Waals surface area contributed by atoms with Crippen molar-refractivity contribution in [3.63, 3.8) is 0 Å². The molecule has 3 heterocycles. The van der Waals surface area contributed by atoms with Gasteiger partial charge in [0.2, 0.25) is 0 Å². The topological polar surface area (TPSA) is 114 Å². The third-order valence-corrected chi connectivity index (χ3v) is 3.99. The first-order valence-corrected chi connectivity index (χ1v) is 7.24. The molecule has 2 aromatic heterocycles. The highest BCUT2D eigenvalue weighted by Gasteiger charge is 2.44. The van der Waals surface area contributed by atoms with E-state index in [1.165, 1.54) is 22.8 Å². The van der Waals surface area contributed by atoms with Crippen LogP contribution in [0.1, 0.15) is 6.23 Å². The molecule has 0 amide bonds. The minimum absolute atomic E-state index is 0.375. The first-order chi connectivity index (χ1) is 9.67. The predicted molar refractivity (Wildman–Crippen MR) is 70.1 cm³/mol. The van der Waals surface area contributed by atoms with Crippen LogP contribution >= 0.6 is 11.8 Å². The number of aromatic nitrogens is 4. The van der Waals surface area contributed by atoms with Gasteiger partial charge in [0.1, 0.15) is 40.7 Å². The predicted octanol–water partition coefficient (Wildman–Crippen LogP) is -0.840. The van der Waals surface area contributed by atoms with Crippen molar-refractivity contribution >= 4 is 22.8 Å². The standard InChI is InChI=1S/C11H14N4O4S/c1-20-10-7-5(12-4-13-10)2-14-15(7)11-9(18)8(17)6(3-16)19-11/h2,4,6,8-9,11,16-18H,3H2,1H3/t6-,8-,9+,11-/m1/s1. The SMILES string of the molecule is CSc1ncnc2cnn([C@@H]3O[C@H](CO)[C@@H](O)[C@@H]3O)c12. The van der Waals surface area contributed by atoms with E-state index >= 15 is 0 Å². The van der Waals surface area contributed by atoms with Gasteiger partial charge in [0.05, 0.1) is 12.8 Å². The summed E-state index contributed by atoms with van der Waals surface area (Å²) >= 11 is 1.42. The van der Waals surface area contributed by atoms with Crippen LogP contribution in [-0.4, -0.2) is 66.2 Å². The second-order valence-corrected chi connectivity index (χ2v) is 5.23. The Labute approximate surface area is 118 Å². The van der Waals surface area contributed by atoms with Gasteiger partial charge in [-0.25, -0.2) is 14.6 Å². The number of thioether (sulfide) groups is 1. The van der Waals surface area contributed by atoms with Crippen LogP contribution in [0.2, 0.25) is 0 Å². The molecule has 108 valence electrons. The Bertz CT molecular complexity index is 621. The molecule has 0 aromatic carbocycles.